The molecule has 1 N–H and O–H groups in total. The molecule has 2 saturated heterocycles. The molecule has 5 nitrogen and oxygen atoms in total. The molecular weight excluding hydrogens is 288 g/mol. The first kappa shape index (κ1) is 16.1. The van der Waals surface area contributed by atoms with Gasteiger partial charge in [0, 0.05) is 44.5 Å². The van der Waals surface area contributed by atoms with Crippen molar-refractivity contribution in [2.75, 3.05) is 50.7 Å². The fourth-order valence-corrected chi connectivity index (χ4v) is 3.53. The van der Waals surface area contributed by atoms with Gasteiger partial charge in [0.15, 0.2) is 0 Å². The Balaban J connectivity index is 1.47. The van der Waals surface area contributed by atoms with Crippen molar-refractivity contribution in [1.29, 1.82) is 0 Å². The summed E-state index contributed by atoms with van der Waals surface area (Å²) in [7, 11) is 0. The van der Waals surface area contributed by atoms with Gasteiger partial charge in [-0.3, -0.25) is 0 Å². The molecule has 2 fully saturated rings. The number of carbonyl (C=O) groups is 1. The van der Waals surface area contributed by atoms with Crippen LogP contribution in [0.1, 0.15) is 19.8 Å². The third-order valence-electron chi connectivity index (χ3n) is 4.97. The second kappa shape index (κ2) is 7.68. The molecule has 2 heterocycles. The smallest absolute Gasteiger partial charge is 0.317 e. The maximum Gasteiger partial charge on any atom is 0.317 e. The molecule has 1 aromatic carbocycles. The number of hydrogen-bond acceptors (Lipinski definition) is 3. The summed E-state index contributed by atoms with van der Waals surface area (Å²) in [6.45, 7) is 8.82. The predicted octanol–water partition coefficient (Wildman–Crippen LogP) is 2.00. The average Bonchev–Trinajstić information content (AvgIpc) is 2.63. The van der Waals surface area contributed by atoms with Crippen LogP contribution in [0.5, 0.6) is 0 Å². The Hall–Kier alpha value is -1.75. The maximum atomic E-state index is 12.5. The second-order valence-electron chi connectivity index (χ2n) is 6.49. The third kappa shape index (κ3) is 4.16. The van der Waals surface area contributed by atoms with E-state index in [1.54, 1.807) is 0 Å². The third-order valence-corrected chi connectivity index (χ3v) is 4.97. The number of piperidine rings is 1. The van der Waals surface area contributed by atoms with E-state index in [9.17, 15) is 4.79 Å². The molecule has 2 aliphatic rings. The molecule has 0 radical (unpaired) electrons. The van der Waals surface area contributed by atoms with E-state index in [0.717, 1.165) is 45.7 Å². The van der Waals surface area contributed by atoms with Gasteiger partial charge in [0.05, 0.1) is 0 Å². The van der Waals surface area contributed by atoms with Gasteiger partial charge in [-0.1, -0.05) is 25.1 Å². The number of likely N-dealkylation sites (tertiary alicyclic amines) is 1. The van der Waals surface area contributed by atoms with E-state index in [1.165, 1.54) is 18.7 Å². The van der Waals surface area contributed by atoms with Crippen molar-refractivity contribution in [3.8, 4) is 0 Å². The SMILES string of the molecule is CCN1CCCC(NC(=O)N2CCN(c3ccccc3)CC2)C1. The lowest BCUT2D eigenvalue weighted by molar-refractivity contribution is 0.168. The Kier molecular flexibility index (Phi) is 5.39. The average molecular weight is 316 g/mol. The van der Waals surface area contributed by atoms with E-state index in [0.29, 0.717) is 6.04 Å². The first-order valence-corrected chi connectivity index (χ1v) is 8.84. The number of urea groups is 1. The summed E-state index contributed by atoms with van der Waals surface area (Å²) in [6, 6.07) is 10.9. The minimum Gasteiger partial charge on any atom is -0.368 e. The highest BCUT2D eigenvalue weighted by atomic mass is 16.2. The van der Waals surface area contributed by atoms with E-state index < -0.39 is 0 Å². The van der Waals surface area contributed by atoms with Crippen LogP contribution < -0.4 is 10.2 Å². The Labute approximate surface area is 139 Å². The van der Waals surface area contributed by atoms with E-state index >= 15 is 0 Å². The molecule has 0 saturated carbocycles. The van der Waals surface area contributed by atoms with Crippen molar-refractivity contribution in [3.05, 3.63) is 30.3 Å². The van der Waals surface area contributed by atoms with Crippen molar-refractivity contribution < 1.29 is 4.79 Å². The van der Waals surface area contributed by atoms with Gasteiger partial charge >= 0.3 is 6.03 Å². The minimum atomic E-state index is 0.112. The number of nitrogens with one attached hydrogen (secondary N) is 1. The van der Waals surface area contributed by atoms with Crippen LogP contribution in [0.15, 0.2) is 30.3 Å². The summed E-state index contributed by atoms with van der Waals surface area (Å²) < 4.78 is 0. The number of rotatable bonds is 3. The fourth-order valence-electron chi connectivity index (χ4n) is 3.53. The lowest BCUT2D eigenvalue weighted by atomic mass is 10.1. The maximum absolute atomic E-state index is 12.5. The van der Waals surface area contributed by atoms with Crippen molar-refractivity contribution in [2.45, 2.75) is 25.8 Å². The van der Waals surface area contributed by atoms with Crippen molar-refractivity contribution in [2.24, 2.45) is 0 Å². The van der Waals surface area contributed by atoms with Crippen LogP contribution in [0.25, 0.3) is 0 Å². The molecule has 5 heteroatoms. The zero-order chi connectivity index (χ0) is 16.1. The zero-order valence-corrected chi connectivity index (χ0v) is 14.1. The zero-order valence-electron chi connectivity index (χ0n) is 14.1. The summed E-state index contributed by atoms with van der Waals surface area (Å²) in [5, 5.41) is 3.23. The molecule has 0 spiro atoms. The van der Waals surface area contributed by atoms with Gasteiger partial charge < -0.3 is 20.0 Å². The molecule has 0 aliphatic carbocycles. The van der Waals surface area contributed by atoms with Crippen LogP contribution in [0.2, 0.25) is 0 Å². The molecular formula is C18H28N4O. The highest BCUT2D eigenvalue weighted by Gasteiger charge is 2.25. The summed E-state index contributed by atoms with van der Waals surface area (Å²) in [5.74, 6) is 0. The molecule has 2 aliphatic heterocycles. The topological polar surface area (TPSA) is 38.8 Å². The largest absolute Gasteiger partial charge is 0.368 e. The van der Waals surface area contributed by atoms with Crippen LogP contribution in [-0.2, 0) is 0 Å². The Morgan fingerprint density at radius 3 is 2.57 bits per heavy atom. The van der Waals surface area contributed by atoms with Gasteiger partial charge in [0.2, 0.25) is 0 Å². The molecule has 3 rings (SSSR count). The van der Waals surface area contributed by atoms with Gasteiger partial charge in [0.1, 0.15) is 0 Å². The van der Waals surface area contributed by atoms with E-state index in [4.69, 9.17) is 0 Å². The first-order valence-electron chi connectivity index (χ1n) is 8.84. The lowest BCUT2D eigenvalue weighted by Crippen LogP contribution is -2.56. The normalized spacial score (nSPS) is 22.9. The number of nitrogens with zero attached hydrogens (tertiary/aromatic N) is 3. The number of hydrogen-bond donors (Lipinski definition) is 1. The van der Waals surface area contributed by atoms with Crippen LogP contribution in [-0.4, -0.2) is 67.7 Å². The molecule has 2 amide bonds. The minimum absolute atomic E-state index is 0.112. The highest BCUT2D eigenvalue weighted by molar-refractivity contribution is 5.75. The summed E-state index contributed by atoms with van der Waals surface area (Å²) in [4.78, 5) is 19.2. The number of likely N-dealkylation sites (N-methyl/N-ethyl adjacent to an activating group) is 1. The molecule has 1 unspecified atom stereocenters. The van der Waals surface area contributed by atoms with E-state index in [1.807, 2.05) is 11.0 Å². The van der Waals surface area contributed by atoms with E-state index in [-0.39, 0.29) is 6.03 Å². The van der Waals surface area contributed by atoms with Crippen LogP contribution in [0, 0.1) is 0 Å². The number of anilines is 1. The Morgan fingerprint density at radius 1 is 1.13 bits per heavy atom. The Morgan fingerprint density at radius 2 is 1.87 bits per heavy atom. The monoisotopic (exact) mass is 316 g/mol. The standard InChI is InChI=1S/C18H28N4O/c1-2-20-10-6-7-16(15-20)19-18(23)22-13-11-21(12-14-22)17-8-4-3-5-9-17/h3-5,8-9,16H,2,6-7,10-15H2,1H3,(H,19,23). The predicted molar refractivity (Wildman–Crippen MR) is 93.9 cm³/mol. The van der Waals surface area contributed by atoms with Crippen molar-refractivity contribution >= 4 is 11.7 Å². The van der Waals surface area contributed by atoms with Crippen molar-refractivity contribution in [1.82, 2.24) is 15.1 Å². The molecule has 1 aromatic rings. The Bertz CT molecular complexity index is 499. The fraction of sp³-hybridized carbons (Fsp3) is 0.611. The number of benzene rings is 1. The molecule has 0 aromatic heterocycles. The number of amides is 2. The van der Waals surface area contributed by atoms with Gasteiger partial charge in [-0.2, -0.15) is 0 Å². The van der Waals surface area contributed by atoms with Gasteiger partial charge in [-0.25, -0.2) is 4.79 Å². The summed E-state index contributed by atoms with van der Waals surface area (Å²) in [6.07, 6.45) is 2.28. The molecule has 0 bridgehead atoms. The molecule has 23 heavy (non-hydrogen) atoms. The van der Waals surface area contributed by atoms with Gasteiger partial charge in [-0.05, 0) is 38.1 Å². The highest BCUT2D eigenvalue weighted by Crippen LogP contribution is 2.16. The lowest BCUT2D eigenvalue weighted by Gasteiger charge is -2.38. The van der Waals surface area contributed by atoms with E-state index in [2.05, 4.69) is 46.3 Å². The van der Waals surface area contributed by atoms with Crippen LogP contribution in [0.3, 0.4) is 0 Å². The summed E-state index contributed by atoms with van der Waals surface area (Å²) in [5.41, 5.74) is 1.25. The molecule has 126 valence electrons. The summed E-state index contributed by atoms with van der Waals surface area (Å²) >= 11 is 0. The van der Waals surface area contributed by atoms with Crippen molar-refractivity contribution in [3.63, 3.8) is 0 Å². The number of piperazine rings is 1. The second-order valence-corrected chi connectivity index (χ2v) is 6.49. The number of para-hydroxylation sites is 1. The quantitative estimate of drug-likeness (QED) is 0.927. The van der Waals surface area contributed by atoms with Crippen LogP contribution >= 0.6 is 0 Å². The van der Waals surface area contributed by atoms with Gasteiger partial charge in [0.25, 0.3) is 0 Å². The van der Waals surface area contributed by atoms with Gasteiger partial charge in [-0.15, -0.1) is 0 Å². The first-order chi connectivity index (χ1) is 11.3. The molecule has 1 atom stereocenters. The van der Waals surface area contributed by atoms with Crippen LogP contribution in [0.4, 0.5) is 10.5 Å². The number of carbonyl (C=O) groups excluding carboxylic acids is 1.